The van der Waals surface area contributed by atoms with Crippen molar-refractivity contribution in [2.24, 2.45) is 0 Å². The van der Waals surface area contributed by atoms with E-state index in [0.29, 0.717) is 31.8 Å². The molecular weight excluding hydrogens is 278 g/mol. The zero-order valence-electron chi connectivity index (χ0n) is 12.7. The van der Waals surface area contributed by atoms with Gasteiger partial charge < -0.3 is 15.4 Å². The molecule has 0 fully saturated rings. The number of hydrogen-bond acceptors (Lipinski definition) is 4. The van der Waals surface area contributed by atoms with Gasteiger partial charge >= 0.3 is 0 Å². The molecule has 1 aromatic heterocycles. The Morgan fingerprint density at radius 1 is 1.18 bits per heavy atom. The third-order valence-corrected chi connectivity index (χ3v) is 3.10. The number of para-hydroxylation sites is 1. The van der Waals surface area contributed by atoms with Crippen LogP contribution in [0.4, 0.5) is 0 Å². The number of carbonyl (C=O) groups excluding carboxylic acids is 1. The number of carbonyl (C=O) groups is 1. The van der Waals surface area contributed by atoms with Crippen LogP contribution >= 0.6 is 0 Å². The number of benzene rings is 1. The zero-order chi connectivity index (χ0) is 15.6. The zero-order valence-corrected chi connectivity index (χ0v) is 12.7. The summed E-state index contributed by atoms with van der Waals surface area (Å²) in [5.74, 6) is 0.793. The van der Waals surface area contributed by atoms with Gasteiger partial charge in [-0.15, -0.1) is 0 Å². The Balaban J connectivity index is 1.70. The molecule has 0 spiro atoms. The molecule has 0 atom stereocenters. The molecule has 2 N–H and O–H groups in total. The lowest BCUT2D eigenvalue weighted by molar-refractivity contribution is 0.0953. The van der Waals surface area contributed by atoms with Gasteiger partial charge in [0.2, 0.25) is 0 Å². The van der Waals surface area contributed by atoms with Crippen LogP contribution in [0.1, 0.15) is 22.8 Å². The van der Waals surface area contributed by atoms with Gasteiger partial charge in [-0.1, -0.05) is 18.2 Å². The molecule has 5 heteroatoms. The Morgan fingerprint density at radius 2 is 2.05 bits per heavy atom. The molecule has 0 radical (unpaired) electrons. The number of amides is 1. The number of rotatable bonds is 8. The van der Waals surface area contributed by atoms with E-state index in [1.165, 1.54) is 0 Å². The lowest BCUT2D eigenvalue weighted by atomic mass is 10.2. The predicted octanol–water partition coefficient (Wildman–Crippen LogP) is 2.00. The van der Waals surface area contributed by atoms with Gasteiger partial charge in [0.25, 0.3) is 5.91 Å². The van der Waals surface area contributed by atoms with E-state index < -0.39 is 0 Å². The topological polar surface area (TPSA) is 63.2 Å². The van der Waals surface area contributed by atoms with Crippen molar-refractivity contribution >= 4 is 5.91 Å². The normalized spacial score (nSPS) is 10.2. The SMILES string of the molecule is CCOc1ccccc1CNCCNC(=O)c1cccnc1. The van der Waals surface area contributed by atoms with Gasteiger partial charge in [0, 0.05) is 37.6 Å². The van der Waals surface area contributed by atoms with E-state index in [9.17, 15) is 4.79 Å². The van der Waals surface area contributed by atoms with Crippen LogP contribution in [0.25, 0.3) is 0 Å². The van der Waals surface area contributed by atoms with Crippen LogP contribution in [0.3, 0.4) is 0 Å². The van der Waals surface area contributed by atoms with E-state index in [4.69, 9.17) is 4.74 Å². The summed E-state index contributed by atoms with van der Waals surface area (Å²) in [5, 5.41) is 6.15. The minimum Gasteiger partial charge on any atom is -0.494 e. The van der Waals surface area contributed by atoms with Crippen molar-refractivity contribution in [2.75, 3.05) is 19.7 Å². The Hall–Kier alpha value is -2.40. The van der Waals surface area contributed by atoms with Gasteiger partial charge in [0.05, 0.1) is 12.2 Å². The molecule has 1 heterocycles. The van der Waals surface area contributed by atoms with Gasteiger partial charge in [-0.25, -0.2) is 0 Å². The maximum absolute atomic E-state index is 11.8. The average Bonchev–Trinajstić information content (AvgIpc) is 2.57. The maximum atomic E-state index is 11.8. The number of pyridine rings is 1. The first kappa shape index (κ1) is 16.0. The second kappa shape index (κ2) is 8.79. The summed E-state index contributed by atoms with van der Waals surface area (Å²) in [6, 6.07) is 11.4. The highest BCUT2D eigenvalue weighted by molar-refractivity contribution is 5.93. The van der Waals surface area contributed by atoms with Gasteiger partial charge in [0.15, 0.2) is 0 Å². The second-order valence-corrected chi connectivity index (χ2v) is 4.72. The Labute approximate surface area is 130 Å². The number of ether oxygens (including phenoxy) is 1. The van der Waals surface area contributed by atoms with Crippen molar-refractivity contribution in [3.8, 4) is 5.75 Å². The van der Waals surface area contributed by atoms with Crippen molar-refractivity contribution in [1.82, 2.24) is 15.6 Å². The highest BCUT2D eigenvalue weighted by atomic mass is 16.5. The third-order valence-electron chi connectivity index (χ3n) is 3.10. The molecule has 0 bridgehead atoms. The molecule has 0 saturated heterocycles. The Morgan fingerprint density at radius 3 is 2.82 bits per heavy atom. The molecule has 5 nitrogen and oxygen atoms in total. The minimum atomic E-state index is -0.107. The highest BCUT2D eigenvalue weighted by Crippen LogP contribution is 2.17. The van der Waals surface area contributed by atoms with Crippen molar-refractivity contribution in [3.63, 3.8) is 0 Å². The van der Waals surface area contributed by atoms with Crippen LogP contribution in [0.15, 0.2) is 48.8 Å². The number of hydrogen-bond donors (Lipinski definition) is 2. The summed E-state index contributed by atoms with van der Waals surface area (Å²) in [7, 11) is 0. The standard InChI is InChI=1S/C17H21N3O2/c1-2-22-16-8-4-3-6-14(16)12-19-10-11-20-17(21)15-7-5-9-18-13-15/h3-9,13,19H,2,10-12H2,1H3,(H,20,21). The Bertz CT molecular complexity index is 587. The summed E-state index contributed by atoms with van der Waals surface area (Å²) in [5.41, 5.74) is 1.69. The van der Waals surface area contributed by atoms with Crippen LogP contribution in [-0.2, 0) is 6.54 Å². The largest absolute Gasteiger partial charge is 0.494 e. The van der Waals surface area contributed by atoms with Crippen LogP contribution in [-0.4, -0.2) is 30.6 Å². The fourth-order valence-corrected chi connectivity index (χ4v) is 2.03. The predicted molar refractivity (Wildman–Crippen MR) is 85.9 cm³/mol. The molecular formula is C17H21N3O2. The molecule has 0 aliphatic rings. The van der Waals surface area contributed by atoms with E-state index in [1.807, 2.05) is 31.2 Å². The van der Waals surface area contributed by atoms with Crippen molar-refractivity contribution in [1.29, 1.82) is 0 Å². The van der Waals surface area contributed by atoms with Gasteiger partial charge in [-0.3, -0.25) is 9.78 Å². The van der Waals surface area contributed by atoms with Crippen molar-refractivity contribution in [2.45, 2.75) is 13.5 Å². The minimum absolute atomic E-state index is 0.107. The molecule has 0 unspecified atom stereocenters. The molecule has 2 aromatic rings. The third kappa shape index (κ3) is 4.86. The molecule has 116 valence electrons. The first-order valence-electron chi connectivity index (χ1n) is 7.41. The average molecular weight is 299 g/mol. The monoisotopic (exact) mass is 299 g/mol. The van der Waals surface area contributed by atoms with E-state index in [-0.39, 0.29) is 5.91 Å². The number of nitrogens with zero attached hydrogens (tertiary/aromatic N) is 1. The van der Waals surface area contributed by atoms with Gasteiger partial charge in [-0.2, -0.15) is 0 Å². The van der Waals surface area contributed by atoms with Crippen molar-refractivity contribution < 1.29 is 9.53 Å². The fourth-order valence-electron chi connectivity index (χ4n) is 2.03. The van der Waals surface area contributed by atoms with E-state index in [2.05, 4.69) is 15.6 Å². The van der Waals surface area contributed by atoms with Crippen LogP contribution in [0.2, 0.25) is 0 Å². The highest BCUT2D eigenvalue weighted by Gasteiger charge is 2.04. The summed E-state index contributed by atoms with van der Waals surface area (Å²) in [4.78, 5) is 15.7. The molecule has 0 aliphatic heterocycles. The molecule has 2 rings (SSSR count). The van der Waals surface area contributed by atoms with E-state index in [0.717, 1.165) is 11.3 Å². The van der Waals surface area contributed by atoms with Crippen LogP contribution < -0.4 is 15.4 Å². The van der Waals surface area contributed by atoms with Crippen LogP contribution in [0.5, 0.6) is 5.75 Å². The fraction of sp³-hybridized carbons (Fsp3) is 0.294. The molecule has 0 saturated carbocycles. The van der Waals surface area contributed by atoms with E-state index in [1.54, 1.807) is 24.5 Å². The second-order valence-electron chi connectivity index (χ2n) is 4.72. The summed E-state index contributed by atoms with van der Waals surface area (Å²) in [6.45, 7) is 4.58. The molecule has 22 heavy (non-hydrogen) atoms. The van der Waals surface area contributed by atoms with Crippen LogP contribution in [0, 0.1) is 0 Å². The molecule has 1 amide bonds. The van der Waals surface area contributed by atoms with E-state index >= 15 is 0 Å². The number of aromatic nitrogens is 1. The summed E-state index contributed by atoms with van der Waals surface area (Å²) < 4.78 is 5.57. The van der Waals surface area contributed by atoms with Gasteiger partial charge in [-0.05, 0) is 25.1 Å². The first-order chi connectivity index (χ1) is 10.8. The summed E-state index contributed by atoms with van der Waals surface area (Å²) >= 11 is 0. The lowest BCUT2D eigenvalue weighted by Gasteiger charge is -2.11. The first-order valence-corrected chi connectivity index (χ1v) is 7.41. The quantitative estimate of drug-likeness (QED) is 0.732. The molecule has 0 aliphatic carbocycles. The maximum Gasteiger partial charge on any atom is 0.252 e. The smallest absolute Gasteiger partial charge is 0.252 e. The summed E-state index contributed by atoms with van der Waals surface area (Å²) in [6.07, 6.45) is 3.20. The van der Waals surface area contributed by atoms with Crippen molar-refractivity contribution in [3.05, 3.63) is 59.9 Å². The van der Waals surface area contributed by atoms with Gasteiger partial charge in [0.1, 0.15) is 5.75 Å². The lowest BCUT2D eigenvalue weighted by Crippen LogP contribution is -2.31. The number of nitrogens with one attached hydrogen (secondary N) is 2. The Kier molecular flexibility index (Phi) is 6.39. The molecule has 1 aromatic carbocycles.